The first-order chi connectivity index (χ1) is 13.5. The largest absolute Gasteiger partial charge is 0.389 e. The van der Waals surface area contributed by atoms with Gasteiger partial charge >= 0.3 is 0 Å². The molecule has 4 rings (SSSR count). The molecule has 2 aromatic heterocycles. The van der Waals surface area contributed by atoms with Crippen LogP contribution in [0.5, 0.6) is 0 Å². The summed E-state index contributed by atoms with van der Waals surface area (Å²) in [5.74, 6) is -0.555. The maximum absolute atomic E-state index is 13.2. The minimum absolute atomic E-state index is 0.217. The minimum Gasteiger partial charge on any atom is -0.389 e. The standard InChI is InChI=1S/C21H22FN3O3/c1-13-6-8-23-19-16(21(27)24-17-7-9-28-12-18(17)26)11-25(20(13)19)10-14-2-4-15(22)5-3-14/h2-6,8,11,17-18,26H,7,9-10,12H2,1H3,(H,24,27). The van der Waals surface area contributed by atoms with E-state index < -0.39 is 6.10 Å². The topological polar surface area (TPSA) is 76.4 Å². The van der Waals surface area contributed by atoms with Gasteiger partial charge in [0.05, 0.1) is 29.8 Å². The number of aliphatic hydroxyl groups is 1. The molecule has 0 bridgehead atoms. The Kier molecular flexibility index (Phi) is 5.11. The van der Waals surface area contributed by atoms with Crippen molar-refractivity contribution in [1.29, 1.82) is 0 Å². The van der Waals surface area contributed by atoms with Crippen molar-refractivity contribution in [2.75, 3.05) is 13.2 Å². The highest BCUT2D eigenvalue weighted by Gasteiger charge is 2.27. The van der Waals surface area contributed by atoms with Gasteiger partial charge in [0.15, 0.2) is 0 Å². The van der Waals surface area contributed by atoms with Gasteiger partial charge in [-0.05, 0) is 42.7 Å². The van der Waals surface area contributed by atoms with E-state index in [1.807, 2.05) is 17.6 Å². The second-order valence-electron chi connectivity index (χ2n) is 7.13. The normalized spacial score (nSPS) is 19.7. The highest BCUT2D eigenvalue weighted by atomic mass is 19.1. The van der Waals surface area contributed by atoms with Gasteiger partial charge in [-0.3, -0.25) is 9.78 Å². The number of ether oxygens (including phenoxy) is 1. The Hall–Kier alpha value is -2.77. The van der Waals surface area contributed by atoms with Crippen molar-refractivity contribution in [2.45, 2.75) is 32.0 Å². The van der Waals surface area contributed by atoms with Crippen molar-refractivity contribution in [2.24, 2.45) is 0 Å². The first-order valence-corrected chi connectivity index (χ1v) is 9.28. The van der Waals surface area contributed by atoms with E-state index in [9.17, 15) is 14.3 Å². The highest BCUT2D eigenvalue weighted by Crippen LogP contribution is 2.24. The van der Waals surface area contributed by atoms with Crippen LogP contribution < -0.4 is 5.32 Å². The lowest BCUT2D eigenvalue weighted by Gasteiger charge is -2.28. The molecule has 1 aliphatic heterocycles. The van der Waals surface area contributed by atoms with Crippen LogP contribution in [-0.2, 0) is 11.3 Å². The molecule has 0 spiro atoms. The number of aliphatic hydroxyl groups excluding tert-OH is 1. The number of carbonyl (C=O) groups is 1. The number of pyridine rings is 1. The highest BCUT2D eigenvalue weighted by molar-refractivity contribution is 6.06. The summed E-state index contributed by atoms with van der Waals surface area (Å²) in [6.45, 7) is 3.19. The third-order valence-electron chi connectivity index (χ3n) is 5.11. The third kappa shape index (κ3) is 3.63. The van der Waals surface area contributed by atoms with Crippen LogP contribution in [0.15, 0.2) is 42.7 Å². The molecule has 3 heterocycles. The van der Waals surface area contributed by atoms with E-state index in [0.717, 1.165) is 16.6 Å². The van der Waals surface area contributed by atoms with Crippen molar-refractivity contribution < 1.29 is 19.0 Å². The summed E-state index contributed by atoms with van der Waals surface area (Å²) < 4.78 is 20.4. The molecule has 1 aliphatic rings. The molecule has 6 nitrogen and oxygen atoms in total. The summed E-state index contributed by atoms with van der Waals surface area (Å²) in [5.41, 5.74) is 3.86. The number of hydrogen-bond acceptors (Lipinski definition) is 4. The van der Waals surface area contributed by atoms with Gasteiger partial charge in [-0.1, -0.05) is 12.1 Å². The van der Waals surface area contributed by atoms with Crippen molar-refractivity contribution in [1.82, 2.24) is 14.9 Å². The lowest BCUT2D eigenvalue weighted by atomic mass is 10.1. The van der Waals surface area contributed by atoms with Crippen LogP contribution in [0.1, 0.15) is 27.9 Å². The zero-order valence-corrected chi connectivity index (χ0v) is 15.6. The number of nitrogens with one attached hydrogen (secondary N) is 1. The van der Waals surface area contributed by atoms with Gasteiger partial charge in [0.25, 0.3) is 5.91 Å². The third-order valence-corrected chi connectivity index (χ3v) is 5.11. The van der Waals surface area contributed by atoms with E-state index in [-0.39, 0.29) is 24.4 Å². The van der Waals surface area contributed by atoms with Crippen LogP contribution in [-0.4, -0.2) is 45.9 Å². The molecule has 1 aromatic carbocycles. The molecular weight excluding hydrogens is 361 g/mol. The second-order valence-corrected chi connectivity index (χ2v) is 7.13. The molecule has 0 radical (unpaired) electrons. The average molecular weight is 383 g/mol. The van der Waals surface area contributed by atoms with Gasteiger partial charge in [-0.15, -0.1) is 0 Å². The van der Waals surface area contributed by atoms with E-state index in [1.54, 1.807) is 24.5 Å². The van der Waals surface area contributed by atoms with Crippen LogP contribution in [0.2, 0.25) is 0 Å². The maximum atomic E-state index is 13.2. The number of nitrogens with zero attached hydrogens (tertiary/aromatic N) is 2. The van der Waals surface area contributed by atoms with Gasteiger partial charge in [-0.25, -0.2) is 4.39 Å². The van der Waals surface area contributed by atoms with Crippen molar-refractivity contribution in [3.05, 3.63) is 65.2 Å². The Balaban J connectivity index is 1.67. The summed E-state index contributed by atoms with van der Waals surface area (Å²) in [5, 5.41) is 13.0. The fourth-order valence-corrected chi connectivity index (χ4v) is 3.61. The summed E-state index contributed by atoms with van der Waals surface area (Å²) in [4.78, 5) is 17.4. The zero-order chi connectivity index (χ0) is 19.7. The first-order valence-electron chi connectivity index (χ1n) is 9.28. The molecule has 0 aliphatic carbocycles. The molecule has 0 saturated carbocycles. The zero-order valence-electron chi connectivity index (χ0n) is 15.6. The molecule has 1 fully saturated rings. The van der Waals surface area contributed by atoms with Crippen molar-refractivity contribution in [3.63, 3.8) is 0 Å². The van der Waals surface area contributed by atoms with Gasteiger partial charge in [0.2, 0.25) is 0 Å². The van der Waals surface area contributed by atoms with E-state index in [2.05, 4.69) is 10.3 Å². The van der Waals surface area contributed by atoms with E-state index in [0.29, 0.717) is 30.7 Å². The van der Waals surface area contributed by atoms with E-state index in [4.69, 9.17) is 4.74 Å². The second kappa shape index (κ2) is 7.69. The lowest BCUT2D eigenvalue weighted by molar-refractivity contribution is -0.0260. The summed E-state index contributed by atoms with van der Waals surface area (Å²) in [6.07, 6.45) is 3.29. The Morgan fingerprint density at radius 3 is 2.89 bits per heavy atom. The Morgan fingerprint density at radius 1 is 1.36 bits per heavy atom. The van der Waals surface area contributed by atoms with Gasteiger partial charge < -0.3 is 19.7 Å². The molecule has 3 aromatic rings. The average Bonchev–Trinajstić information content (AvgIpc) is 3.05. The molecule has 2 N–H and O–H groups in total. The summed E-state index contributed by atoms with van der Waals surface area (Å²) in [7, 11) is 0. The number of aromatic nitrogens is 2. The number of aryl methyl sites for hydroxylation is 1. The monoisotopic (exact) mass is 383 g/mol. The predicted molar refractivity (Wildman–Crippen MR) is 103 cm³/mol. The minimum atomic E-state index is -0.722. The molecule has 1 saturated heterocycles. The number of fused-ring (bicyclic) bond motifs is 1. The van der Waals surface area contributed by atoms with Gasteiger partial charge in [0, 0.05) is 25.5 Å². The number of halogens is 1. The summed E-state index contributed by atoms with van der Waals surface area (Å²) >= 11 is 0. The SMILES string of the molecule is Cc1ccnc2c(C(=O)NC3CCOCC3O)cn(Cc3ccc(F)cc3)c12. The van der Waals surface area contributed by atoms with Crippen LogP contribution >= 0.6 is 0 Å². The van der Waals surface area contributed by atoms with Gasteiger partial charge in [0.1, 0.15) is 11.3 Å². The number of amides is 1. The Bertz CT molecular complexity index is 1000. The molecule has 7 heteroatoms. The summed E-state index contributed by atoms with van der Waals surface area (Å²) in [6, 6.07) is 7.85. The molecular formula is C21H22FN3O3. The molecule has 2 atom stereocenters. The fourth-order valence-electron chi connectivity index (χ4n) is 3.61. The predicted octanol–water partition coefficient (Wildman–Crippen LogP) is 2.41. The lowest BCUT2D eigenvalue weighted by Crippen LogP contribution is -2.48. The van der Waals surface area contributed by atoms with Crippen LogP contribution in [0, 0.1) is 12.7 Å². The van der Waals surface area contributed by atoms with Crippen LogP contribution in [0.25, 0.3) is 11.0 Å². The molecule has 2 unspecified atom stereocenters. The van der Waals surface area contributed by atoms with Crippen LogP contribution in [0.4, 0.5) is 4.39 Å². The van der Waals surface area contributed by atoms with Crippen molar-refractivity contribution in [3.8, 4) is 0 Å². The first kappa shape index (κ1) is 18.6. The number of rotatable bonds is 4. The number of hydrogen-bond donors (Lipinski definition) is 2. The maximum Gasteiger partial charge on any atom is 0.255 e. The van der Waals surface area contributed by atoms with Crippen molar-refractivity contribution >= 4 is 16.9 Å². The Labute approximate surface area is 162 Å². The number of benzene rings is 1. The van der Waals surface area contributed by atoms with E-state index in [1.165, 1.54) is 12.1 Å². The quantitative estimate of drug-likeness (QED) is 0.726. The number of carbonyl (C=O) groups excluding carboxylic acids is 1. The Morgan fingerprint density at radius 2 is 2.14 bits per heavy atom. The molecule has 146 valence electrons. The van der Waals surface area contributed by atoms with Gasteiger partial charge in [-0.2, -0.15) is 0 Å². The smallest absolute Gasteiger partial charge is 0.255 e. The molecule has 28 heavy (non-hydrogen) atoms. The van der Waals surface area contributed by atoms with E-state index >= 15 is 0 Å². The molecule has 1 amide bonds. The van der Waals surface area contributed by atoms with Crippen LogP contribution in [0.3, 0.4) is 0 Å². The fraction of sp³-hybridized carbons (Fsp3) is 0.333.